The maximum Gasteiger partial charge on any atom is 0.164 e. The van der Waals surface area contributed by atoms with E-state index in [1.165, 1.54) is 10.8 Å². The number of pyridine rings is 1. The van der Waals surface area contributed by atoms with Gasteiger partial charge in [-0.3, -0.25) is 9.55 Å². The molecule has 0 aliphatic heterocycles. The Morgan fingerprint density at radius 1 is 0.814 bits per heavy atom. The Balaban J connectivity index is 1.36. The number of imidazole rings is 1. The molecule has 0 aliphatic carbocycles. The summed E-state index contributed by atoms with van der Waals surface area (Å²) in [5, 5.41) is 4.59. The highest BCUT2D eigenvalue weighted by atomic mass is 16.3. The molecule has 0 amide bonds. The smallest absolute Gasteiger partial charge is 0.164 e. The van der Waals surface area contributed by atoms with E-state index in [0.717, 1.165) is 72.4 Å². The van der Waals surface area contributed by atoms with E-state index in [4.69, 9.17) is 9.40 Å². The summed E-state index contributed by atoms with van der Waals surface area (Å²) >= 11 is 0. The number of allylic oxidation sites excluding steroid dienone is 1. The van der Waals surface area contributed by atoms with Crippen molar-refractivity contribution in [3.8, 4) is 28.3 Å². The van der Waals surface area contributed by atoms with E-state index in [-0.39, 0.29) is 0 Å². The molecule has 0 bridgehead atoms. The van der Waals surface area contributed by atoms with E-state index in [0.29, 0.717) is 0 Å². The van der Waals surface area contributed by atoms with Gasteiger partial charge in [0.05, 0.1) is 11.0 Å². The van der Waals surface area contributed by atoms with Crippen molar-refractivity contribution >= 4 is 55.9 Å². The lowest BCUT2D eigenvalue weighted by Gasteiger charge is -2.11. The fourth-order valence-electron chi connectivity index (χ4n) is 6.23. The van der Waals surface area contributed by atoms with Gasteiger partial charge in [-0.25, -0.2) is 4.98 Å². The van der Waals surface area contributed by atoms with Crippen LogP contribution in [-0.2, 0) is 0 Å². The molecular weight excluding hydrogens is 526 g/mol. The van der Waals surface area contributed by atoms with E-state index in [9.17, 15) is 0 Å². The van der Waals surface area contributed by atoms with Gasteiger partial charge in [0.2, 0.25) is 0 Å². The van der Waals surface area contributed by atoms with Crippen LogP contribution in [-0.4, -0.2) is 14.5 Å². The third-order valence-corrected chi connectivity index (χ3v) is 8.15. The molecule has 0 N–H and O–H groups in total. The minimum atomic E-state index is 0.814. The van der Waals surface area contributed by atoms with Crippen LogP contribution >= 0.6 is 0 Å². The number of hydrogen-bond acceptors (Lipinski definition) is 3. The summed E-state index contributed by atoms with van der Waals surface area (Å²) in [6, 6.07) is 37.7. The molecular formula is C39H27N3O. The first-order valence-corrected chi connectivity index (χ1v) is 14.4. The third-order valence-electron chi connectivity index (χ3n) is 8.15. The maximum absolute atomic E-state index is 6.68. The molecule has 0 saturated heterocycles. The van der Waals surface area contributed by atoms with Gasteiger partial charge in [0.15, 0.2) is 5.82 Å². The molecule has 0 aliphatic rings. The number of aromatic nitrogens is 3. The number of para-hydroxylation sites is 2. The summed E-state index contributed by atoms with van der Waals surface area (Å²) < 4.78 is 8.86. The topological polar surface area (TPSA) is 43.9 Å². The molecule has 0 atom stereocenters. The largest absolute Gasteiger partial charge is 0.455 e. The van der Waals surface area contributed by atoms with Crippen molar-refractivity contribution in [3.05, 3.63) is 139 Å². The van der Waals surface area contributed by atoms with Crippen molar-refractivity contribution in [1.29, 1.82) is 0 Å². The zero-order valence-corrected chi connectivity index (χ0v) is 23.7. The molecule has 43 heavy (non-hydrogen) atoms. The second-order valence-corrected chi connectivity index (χ2v) is 10.6. The van der Waals surface area contributed by atoms with Gasteiger partial charge in [0.1, 0.15) is 16.9 Å². The minimum Gasteiger partial charge on any atom is -0.455 e. The maximum atomic E-state index is 6.68. The van der Waals surface area contributed by atoms with Crippen LogP contribution < -0.4 is 0 Å². The van der Waals surface area contributed by atoms with Crippen LogP contribution in [0.25, 0.3) is 84.2 Å². The van der Waals surface area contributed by atoms with Crippen molar-refractivity contribution in [2.45, 2.75) is 6.92 Å². The zero-order valence-electron chi connectivity index (χ0n) is 23.7. The van der Waals surface area contributed by atoms with Crippen molar-refractivity contribution in [2.24, 2.45) is 0 Å². The molecule has 4 heteroatoms. The molecule has 8 rings (SSSR count). The van der Waals surface area contributed by atoms with Gasteiger partial charge in [0.25, 0.3) is 0 Å². The Kier molecular flexibility index (Phi) is 5.80. The number of benzene rings is 5. The molecule has 0 fully saturated rings. The summed E-state index contributed by atoms with van der Waals surface area (Å²) in [4.78, 5) is 9.55. The second-order valence-electron chi connectivity index (χ2n) is 10.6. The number of furan rings is 1. The summed E-state index contributed by atoms with van der Waals surface area (Å²) in [6.07, 6.45) is 7.95. The molecule has 204 valence electrons. The van der Waals surface area contributed by atoms with E-state index >= 15 is 0 Å². The van der Waals surface area contributed by atoms with Crippen molar-refractivity contribution in [2.75, 3.05) is 0 Å². The fourth-order valence-corrected chi connectivity index (χ4v) is 6.23. The summed E-state index contributed by atoms with van der Waals surface area (Å²) in [7, 11) is 0. The molecule has 4 nitrogen and oxygen atoms in total. The third kappa shape index (κ3) is 3.92. The predicted molar refractivity (Wildman–Crippen MR) is 179 cm³/mol. The Morgan fingerprint density at radius 2 is 1.63 bits per heavy atom. The molecule has 0 saturated carbocycles. The number of hydrogen-bond donors (Lipinski definition) is 0. The van der Waals surface area contributed by atoms with Crippen LogP contribution in [0.15, 0.2) is 132 Å². The zero-order chi connectivity index (χ0) is 28.9. The molecule has 3 aromatic heterocycles. The Labute approximate surface area is 248 Å². The molecule has 0 unspecified atom stereocenters. The molecule has 5 aromatic carbocycles. The van der Waals surface area contributed by atoms with Crippen molar-refractivity contribution in [1.82, 2.24) is 14.5 Å². The van der Waals surface area contributed by atoms with E-state index in [1.807, 2.05) is 49.4 Å². The van der Waals surface area contributed by atoms with E-state index in [1.54, 1.807) is 6.20 Å². The lowest BCUT2D eigenvalue weighted by Crippen LogP contribution is -1.98. The quantitative estimate of drug-likeness (QED) is 0.213. The van der Waals surface area contributed by atoms with E-state index in [2.05, 4.69) is 101 Å². The van der Waals surface area contributed by atoms with Gasteiger partial charge in [-0.1, -0.05) is 85.5 Å². The van der Waals surface area contributed by atoms with Crippen LogP contribution in [0.5, 0.6) is 0 Å². The Bertz CT molecular complexity index is 2360. The van der Waals surface area contributed by atoms with Crippen LogP contribution in [0.1, 0.15) is 18.1 Å². The van der Waals surface area contributed by atoms with Crippen LogP contribution in [0.4, 0.5) is 0 Å². The molecule has 3 heterocycles. The molecule has 8 aromatic rings. The summed E-state index contributed by atoms with van der Waals surface area (Å²) in [5.41, 5.74) is 9.93. The van der Waals surface area contributed by atoms with Gasteiger partial charge in [0, 0.05) is 28.2 Å². The molecule has 0 spiro atoms. The van der Waals surface area contributed by atoms with Gasteiger partial charge < -0.3 is 4.42 Å². The predicted octanol–water partition coefficient (Wildman–Crippen LogP) is 10.5. The average molecular weight is 554 g/mol. The minimum absolute atomic E-state index is 0.814. The van der Waals surface area contributed by atoms with Crippen LogP contribution in [0.2, 0.25) is 0 Å². The highest BCUT2D eigenvalue weighted by Gasteiger charge is 2.20. The van der Waals surface area contributed by atoms with Crippen molar-refractivity contribution < 1.29 is 4.42 Å². The molecule has 0 radical (unpaired) electrons. The lowest BCUT2D eigenvalue weighted by molar-refractivity contribution is 0.670. The summed E-state index contributed by atoms with van der Waals surface area (Å²) in [5.74, 6) is 0.814. The Morgan fingerprint density at radius 3 is 2.44 bits per heavy atom. The first-order valence-electron chi connectivity index (χ1n) is 14.4. The fraction of sp³-hybridized carbons (Fsp3) is 0.0256. The average Bonchev–Trinajstić information content (AvgIpc) is 3.65. The first kappa shape index (κ1) is 25.0. The number of fused-ring (bicyclic) bond motifs is 6. The van der Waals surface area contributed by atoms with Crippen LogP contribution in [0, 0.1) is 0 Å². The summed E-state index contributed by atoms with van der Waals surface area (Å²) in [6.45, 7) is 6.11. The van der Waals surface area contributed by atoms with Gasteiger partial charge in [-0.05, 0) is 82.9 Å². The number of nitrogens with zero attached hydrogens (tertiary/aromatic N) is 3. The number of rotatable bonds is 5. The van der Waals surface area contributed by atoms with Crippen molar-refractivity contribution in [3.63, 3.8) is 0 Å². The van der Waals surface area contributed by atoms with E-state index < -0.39 is 0 Å². The standard InChI is InChI=1S/C39H27N3O/c1-3-11-29-25(4-2)19-22-35-36(29)37-30-13-6-5-12-27(30)24-31(38(37)43-35)26-17-20-28(21-18-26)42-34-16-8-7-14-32(34)41-39(42)33-15-9-10-23-40-33/h3-24H,2H2,1H3/b11-3-. The Hall–Kier alpha value is -5.74. The first-order chi connectivity index (χ1) is 21.2. The normalized spacial score (nSPS) is 11.8. The highest BCUT2D eigenvalue weighted by molar-refractivity contribution is 6.24. The monoisotopic (exact) mass is 553 g/mol. The van der Waals surface area contributed by atoms with Gasteiger partial charge in [-0.2, -0.15) is 0 Å². The second kappa shape index (κ2) is 9.97. The SMILES string of the molecule is C=Cc1ccc2oc3c(-c4ccc(-n5c(-c6ccccn6)nc6ccccc65)cc4)cc4ccccc4c3c2c1/C=C\C. The van der Waals surface area contributed by atoms with Gasteiger partial charge >= 0.3 is 0 Å². The highest BCUT2D eigenvalue weighted by Crippen LogP contribution is 2.43. The van der Waals surface area contributed by atoms with Gasteiger partial charge in [-0.15, -0.1) is 0 Å². The van der Waals surface area contributed by atoms with Crippen LogP contribution in [0.3, 0.4) is 0 Å². The lowest BCUT2D eigenvalue weighted by atomic mass is 9.93.